The number of amides is 2. The minimum atomic E-state index is -0.524. The average Bonchev–Trinajstić information content (AvgIpc) is 3.11. The van der Waals surface area contributed by atoms with Crippen LogP contribution in [0.5, 0.6) is 0 Å². The number of nitrogens with one attached hydrogen (secondary N) is 1. The number of urea groups is 1. The molecule has 142 valence electrons. The topological polar surface area (TPSA) is 65.0 Å². The van der Waals surface area contributed by atoms with Crippen molar-refractivity contribution in [3.05, 3.63) is 54.6 Å². The Labute approximate surface area is 159 Å². The van der Waals surface area contributed by atoms with Crippen LogP contribution in [0.4, 0.5) is 10.5 Å². The molecule has 2 aromatic rings. The van der Waals surface area contributed by atoms with Crippen LogP contribution in [0, 0.1) is 0 Å². The normalized spacial score (nSPS) is 23.4. The quantitative estimate of drug-likeness (QED) is 0.873. The molecule has 0 aromatic heterocycles. The van der Waals surface area contributed by atoms with Gasteiger partial charge in [0.05, 0.1) is 31.9 Å². The molecule has 0 unspecified atom stereocenters. The Kier molecular flexibility index (Phi) is 5.38. The van der Waals surface area contributed by atoms with Crippen LogP contribution < -0.4 is 5.32 Å². The fraction of sp³-hybridized carbons (Fsp3) is 0.381. The minimum absolute atomic E-state index is 0.0182. The number of benzene rings is 2. The molecule has 0 radical (unpaired) electrons. The van der Waals surface area contributed by atoms with Crippen molar-refractivity contribution in [2.75, 3.05) is 44.7 Å². The van der Waals surface area contributed by atoms with Crippen molar-refractivity contribution in [1.29, 1.82) is 0 Å². The molecule has 6 heteroatoms. The van der Waals surface area contributed by atoms with Crippen LogP contribution in [-0.2, 0) is 4.74 Å². The zero-order valence-electron chi connectivity index (χ0n) is 15.3. The van der Waals surface area contributed by atoms with E-state index in [1.807, 2.05) is 54.6 Å². The summed E-state index contributed by atoms with van der Waals surface area (Å²) < 4.78 is 5.38. The molecule has 0 saturated carbocycles. The summed E-state index contributed by atoms with van der Waals surface area (Å²) in [5, 5.41) is 13.4. The van der Waals surface area contributed by atoms with Gasteiger partial charge >= 0.3 is 6.03 Å². The van der Waals surface area contributed by atoms with Crippen LogP contribution in [-0.4, -0.2) is 72.5 Å². The maximum absolute atomic E-state index is 12.7. The number of nitrogens with zero attached hydrogens (tertiary/aromatic N) is 2. The van der Waals surface area contributed by atoms with E-state index in [-0.39, 0.29) is 12.1 Å². The molecule has 2 amide bonds. The van der Waals surface area contributed by atoms with Crippen LogP contribution in [0.3, 0.4) is 0 Å². The lowest BCUT2D eigenvalue weighted by Crippen LogP contribution is -2.49. The number of hydrogen-bond acceptors (Lipinski definition) is 4. The lowest BCUT2D eigenvalue weighted by atomic mass is 10.1. The number of ether oxygens (including phenoxy) is 1. The molecular weight excluding hydrogens is 342 g/mol. The molecule has 0 bridgehead atoms. The second-order valence-corrected chi connectivity index (χ2v) is 7.07. The summed E-state index contributed by atoms with van der Waals surface area (Å²) >= 11 is 0. The van der Waals surface area contributed by atoms with Crippen molar-refractivity contribution in [3.63, 3.8) is 0 Å². The van der Waals surface area contributed by atoms with E-state index < -0.39 is 6.10 Å². The van der Waals surface area contributed by atoms with Gasteiger partial charge < -0.3 is 20.1 Å². The summed E-state index contributed by atoms with van der Waals surface area (Å²) in [6.07, 6.45) is -0.524. The maximum atomic E-state index is 12.7. The molecule has 4 rings (SSSR count). The van der Waals surface area contributed by atoms with E-state index in [4.69, 9.17) is 4.74 Å². The van der Waals surface area contributed by atoms with Crippen molar-refractivity contribution < 1.29 is 14.6 Å². The fourth-order valence-corrected chi connectivity index (χ4v) is 3.81. The number of carbonyl (C=O) groups is 1. The molecule has 2 aromatic carbocycles. The Hall–Kier alpha value is -2.41. The van der Waals surface area contributed by atoms with Crippen LogP contribution in [0.25, 0.3) is 11.1 Å². The zero-order chi connectivity index (χ0) is 18.6. The Morgan fingerprint density at radius 2 is 1.74 bits per heavy atom. The highest BCUT2D eigenvalue weighted by Gasteiger charge is 2.38. The number of anilines is 1. The van der Waals surface area contributed by atoms with Gasteiger partial charge in [0.25, 0.3) is 0 Å². The van der Waals surface area contributed by atoms with E-state index in [1.54, 1.807) is 4.90 Å². The molecule has 27 heavy (non-hydrogen) atoms. The summed E-state index contributed by atoms with van der Waals surface area (Å²) in [7, 11) is 0. The first-order chi connectivity index (χ1) is 13.2. The first-order valence-electron chi connectivity index (χ1n) is 9.42. The average molecular weight is 367 g/mol. The van der Waals surface area contributed by atoms with Gasteiger partial charge in [-0.15, -0.1) is 0 Å². The highest BCUT2D eigenvalue weighted by atomic mass is 16.5. The van der Waals surface area contributed by atoms with E-state index in [9.17, 15) is 9.90 Å². The second-order valence-electron chi connectivity index (χ2n) is 7.07. The Morgan fingerprint density at radius 3 is 2.52 bits per heavy atom. The van der Waals surface area contributed by atoms with Crippen molar-refractivity contribution in [1.82, 2.24) is 9.80 Å². The molecule has 2 aliphatic heterocycles. The third-order valence-corrected chi connectivity index (χ3v) is 5.28. The molecule has 0 spiro atoms. The Bertz CT molecular complexity index is 777. The van der Waals surface area contributed by atoms with Crippen molar-refractivity contribution in [2.24, 2.45) is 0 Å². The van der Waals surface area contributed by atoms with Crippen molar-refractivity contribution in [3.8, 4) is 11.1 Å². The standard InChI is InChI=1S/C21H25N3O3/c25-20-15-24(14-19(20)23-9-11-27-12-10-23)21(26)22-18-8-4-7-17(13-18)16-5-2-1-3-6-16/h1-8,13,19-20,25H,9-12,14-15H2,(H,22,26)/t19-,20-/m1/s1. The SMILES string of the molecule is O=C(Nc1cccc(-c2ccccc2)c1)N1C[C@@H](O)[C@H](N2CCOCC2)C1. The zero-order valence-corrected chi connectivity index (χ0v) is 15.3. The second kappa shape index (κ2) is 8.08. The summed E-state index contributed by atoms with van der Waals surface area (Å²) in [6.45, 7) is 3.85. The lowest BCUT2D eigenvalue weighted by molar-refractivity contribution is -0.00607. The highest BCUT2D eigenvalue weighted by Crippen LogP contribution is 2.23. The molecule has 2 atom stereocenters. The van der Waals surface area contributed by atoms with Crippen molar-refractivity contribution >= 4 is 11.7 Å². The number of hydrogen-bond donors (Lipinski definition) is 2. The van der Waals surface area contributed by atoms with Gasteiger partial charge in [-0.2, -0.15) is 0 Å². The first-order valence-corrected chi connectivity index (χ1v) is 9.42. The van der Waals surface area contributed by atoms with Gasteiger partial charge in [-0.05, 0) is 23.3 Å². The van der Waals surface area contributed by atoms with Gasteiger partial charge in [0.2, 0.25) is 0 Å². The Balaban J connectivity index is 1.41. The predicted octanol–water partition coefficient (Wildman–Crippen LogP) is 2.26. The molecule has 2 fully saturated rings. The molecule has 2 N–H and O–H groups in total. The van der Waals surface area contributed by atoms with E-state index in [1.165, 1.54) is 0 Å². The van der Waals surface area contributed by atoms with Crippen LogP contribution in [0.1, 0.15) is 0 Å². The highest BCUT2D eigenvalue weighted by molar-refractivity contribution is 5.90. The third-order valence-electron chi connectivity index (χ3n) is 5.28. The largest absolute Gasteiger partial charge is 0.390 e. The number of aliphatic hydroxyl groups is 1. The maximum Gasteiger partial charge on any atom is 0.321 e. The third kappa shape index (κ3) is 4.13. The van der Waals surface area contributed by atoms with E-state index in [2.05, 4.69) is 10.2 Å². The summed E-state index contributed by atoms with van der Waals surface area (Å²) in [6, 6.07) is 17.7. The molecule has 2 aliphatic rings. The van der Waals surface area contributed by atoms with Crippen LogP contribution in [0.2, 0.25) is 0 Å². The molecule has 0 aliphatic carbocycles. The van der Waals surface area contributed by atoms with Gasteiger partial charge in [-0.25, -0.2) is 4.79 Å². The summed E-state index contributed by atoms with van der Waals surface area (Å²) in [4.78, 5) is 16.6. The number of carbonyl (C=O) groups excluding carboxylic acids is 1. The van der Waals surface area contributed by atoms with Gasteiger partial charge in [0.1, 0.15) is 0 Å². The number of β-amino-alcohol motifs (C(OH)–C–C–N with tert-alkyl or cyclic N) is 1. The number of morpholine rings is 1. The number of rotatable bonds is 3. The summed E-state index contributed by atoms with van der Waals surface area (Å²) in [5.41, 5.74) is 2.92. The van der Waals surface area contributed by atoms with Crippen LogP contribution >= 0.6 is 0 Å². The predicted molar refractivity (Wildman–Crippen MR) is 105 cm³/mol. The molecular formula is C21H25N3O3. The van der Waals surface area contributed by atoms with Gasteiger partial charge in [-0.3, -0.25) is 4.90 Å². The van der Waals surface area contributed by atoms with E-state index >= 15 is 0 Å². The summed E-state index contributed by atoms with van der Waals surface area (Å²) in [5.74, 6) is 0. The Morgan fingerprint density at radius 1 is 1.00 bits per heavy atom. The molecule has 2 heterocycles. The smallest absolute Gasteiger partial charge is 0.321 e. The van der Waals surface area contributed by atoms with Crippen molar-refractivity contribution in [2.45, 2.75) is 12.1 Å². The monoisotopic (exact) mass is 367 g/mol. The number of aliphatic hydroxyl groups excluding tert-OH is 1. The van der Waals surface area contributed by atoms with Gasteiger partial charge in [0.15, 0.2) is 0 Å². The lowest BCUT2D eigenvalue weighted by Gasteiger charge is -2.33. The first kappa shape index (κ1) is 18.0. The number of likely N-dealkylation sites (tertiary alicyclic amines) is 1. The van der Waals surface area contributed by atoms with Gasteiger partial charge in [-0.1, -0.05) is 42.5 Å². The minimum Gasteiger partial charge on any atom is -0.390 e. The fourth-order valence-electron chi connectivity index (χ4n) is 3.81. The van der Waals surface area contributed by atoms with E-state index in [0.29, 0.717) is 26.3 Å². The van der Waals surface area contributed by atoms with Crippen LogP contribution in [0.15, 0.2) is 54.6 Å². The van der Waals surface area contributed by atoms with E-state index in [0.717, 1.165) is 29.9 Å². The van der Waals surface area contributed by atoms with Gasteiger partial charge in [0, 0.05) is 25.3 Å². The molecule has 6 nitrogen and oxygen atoms in total. The molecule has 2 saturated heterocycles.